The summed E-state index contributed by atoms with van der Waals surface area (Å²) in [7, 11) is 0. The van der Waals surface area contributed by atoms with Crippen LogP contribution in [0, 0.1) is 11.3 Å². The van der Waals surface area contributed by atoms with Gasteiger partial charge in [0, 0.05) is 34.1 Å². The van der Waals surface area contributed by atoms with Crippen molar-refractivity contribution in [3.8, 4) is 0 Å². The van der Waals surface area contributed by atoms with Crippen LogP contribution in [0.1, 0.15) is 20.3 Å². The van der Waals surface area contributed by atoms with Gasteiger partial charge in [-0.05, 0) is 30.7 Å². The van der Waals surface area contributed by atoms with Crippen molar-refractivity contribution in [2.75, 3.05) is 11.9 Å². The highest BCUT2D eigenvalue weighted by molar-refractivity contribution is 9.10. The van der Waals surface area contributed by atoms with Gasteiger partial charge in [-0.2, -0.15) is 0 Å². The molecule has 3 rings (SSSR count). The Morgan fingerprint density at radius 3 is 2.71 bits per heavy atom. The van der Waals surface area contributed by atoms with E-state index in [0.29, 0.717) is 18.1 Å². The van der Waals surface area contributed by atoms with Crippen molar-refractivity contribution in [1.29, 1.82) is 0 Å². The Bertz CT molecular complexity index is 415. The summed E-state index contributed by atoms with van der Waals surface area (Å²) >= 11 is 3.46. The van der Waals surface area contributed by atoms with E-state index in [4.69, 9.17) is 4.74 Å². The number of fused-ring (bicyclic) bond motifs is 1. The van der Waals surface area contributed by atoms with E-state index < -0.39 is 0 Å². The van der Waals surface area contributed by atoms with Crippen molar-refractivity contribution < 1.29 is 4.74 Å². The molecule has 0 bridgehead atoms. The first-order valence-electron chi connectivity index (χ1n) is 6.23. The summed E-state index contributed by atoms with van der Waals surface area (Å²) in [5.74, 6) is 0.689. The number of ether oxygens (including phenoxy) is 1. The highest BCUT2D eigenvalue weighted by atomic mass is 79.9. The van der Waals surface area contributed by atoms with Crippen LogP contribution < -0.4 is 5.32 Å². The lowest BCUT2D eigenvalue weighted by atomic mass is 9.57. The molecular formula is C14H18BrNO. The van der Waals surface area contributed by atoms with Gasteiger partial charge in [0.05, 0.1) is 6.10 Å². The van der Waals surface area contributed by atoms with Crippen molar-refractivity contribution in [2.45, 2.75) is 32.4 Å². The summed E-state index contributed by atoms with van der Waals surface area (Å²) in [6.45, 7) is 5.53. The molecule has 0 spiro atoms. The van der Waals surface area contributed by atoms with E-state index in [2.05, 4.69) is 59.4 Å². The molecule has 0 aromatic heterocycles. The van der Waals surface area contributed by atoms with Crippen LogP contribution in [-0.4, -0.2) is 18.8 Å². The molecule has 0 amide bonds. The Hall–Kier alpha value is -0.540. The minimum Gasteiger partial charge on any atom is -0.381 e. The SMILES string of the molecule is CC1(C)C(Nc2ccc(Br)cc2)C2CCOC21. The lowest BCUT2D eigenvalue weighted by molar-refractivity contribution is -0.0923. The Morgan fingerprint density at radius 2 is 2.00 bits per heavy atom. The van der Waals surface area contributed by atoms with Crippen molar-refractivity contribution in [2.24, 2.45) is 11.3 Å². The summed E-state index contributed by atoms with van der Waals surface area (Å²) in [5, 5.41) is 3.67. The number of benzene rings is 1. The first kappa shape index (κ1) is 11.5. The first-order chi connectivity index (χ1) is 8.09. The molecular weight excluding hydrogens is 278 g/mol. The molecule has 1 saturated carbocycles. The van der Waals surface area contributed by atoms with Crippen molar-refractivity contribution in [1.82, 2.24) is 0 Å². The molecule has 3 unspecified atom stereocenters. The molecule has 3 atom stereocenters. The average molecular weight is 296 g/mol. The standard InChI is InChI=1S/C14H18BrNO/c1-14(2)12(11-7-8-17-13(11)14)16-10-5-3-9(15)4-6-10/h3-6,11-13,16H,7-8H2,1-2H3. The van der Waals surface area contributed by atoms with Gasteiger partial charge in [0.2, 0.25) is 0 Å². The minimum atomic E-state index is 0.244. The van der Waals surface area contributed by atoms with E-state index in [1.54, 1.807) is 0 Å². The normalized spacial score (nSPS) is 33.9. The van der Waals surface area contributed by atoms with Crippen LogP contribution in [0.15, 0.2) is 28.7 Å². The van der Waals surface area contributed by atoms with E-state index in [9.17, 15) is 0 Å². The van der Waals surface area contributed by atoms with E-state index >= 15 is 0 Å². The number of hydrogen-bond donors (Lipinski definition) is 1. The first-order valence-corrected chi connectivity index (χ1v) is 7.02. The molecule has 1 heterocycles. The largest absolute Gasteiger partial charge is 0.381 e. The fourth-order valence-electron chi connectivity index (χ4n) is 3.34. The third-order valence-electron chi connectivity index (χ3n) is 4.27. The van der Waals surface area contributed by atoms with E-state index in [1.165, 1.54) is 12.1 Å². The van der Waals surface area contributed by atoms with E-state index in [0.717, 1.165) is 11.1 Å². The summed E-state index contributed by atoms with van der Waals surface area (Å²) < 4.78 is 6.93. The van der Waals surface area contributed by atoms with Gasteiger partial charge in [0.15, 0.2) is 0 Å². The summed E-state index contributed by atoms with van der Waals surface area (Å²) in [5.41, 5.74) is 1.45. The molecule has 2 fully saturated rings. The predicted molar refractivity (Wildman–Crippen MR) is 73.2 cm³/mol. The number of nitrogens with one attached hydrogen (secondary N) is 1. The lowest BCUT2D eigenvalue weighted by Gasteiger charge is -2.55. The maximum Gasteiger partial charge on any atom is 0.0694 e. The fourth-order valence-corrected chi connectivity index (χ4v) is 3.61. The Kier molecular flexibility index (Phi) is 2.71. The smallest absolute Gasteiger partial charge is 0.0694 e. The molecule has 1 N–H and O–H groups in total. The monoisotopic (exact) mass is 295 g/mol. The molecule has 3 heteroatoms. The minimum absolute atomic E-state index is 0.244. The zero-order valence-corrected chi connectivity index (χ0v) is 11.8. The highest BCUT2D eigenvalue weighted by Crippen LogP contribution is 2.53. The van der Waals surface area contributed by atoms with E-state index in [-0.39, 0.29) is 5.41 Å². The second-order valence-corrected chi connectivity index (χ2v) is 6.61. The number of anilines is 1. The molecule has 2 aliphatic rings. The zero-order chi connectivity index (χ0) is 12.0. The maximum atomic E-state index is 5.81. The maximum absolute atomic E-state index is 5.81. The number of halogens is 1. The third kappa shape index (κ3) is 1.80. The van der Waals surface area contributed by atoms with Crippen LogP contribution in [0.5, 0.6) is 0 Å². The van der Waals surface area contributed by atoms with Crippen molar-refractivity contribution >= 4 is 21.6 Å². The van der Waals surface area contributed by atoms with Gasteiger partial charge < -0.3 is 10.1 Å². The quantitative estimate of drug-likeness (QED) is 0.899. The Labute approximate surface area is 111 Å². The molecule has 2 nitrogen and oxygen atoms in total. The molecule has 1 saturated heterocycles. The summed E-state index contributed by atoms with van der Waals surface area (Å²) in [6.07, 6.45) is 1.65. The zero-order valence-electron chi connectivity index (χ0n) is 10.2. The third-order valence-corrected chi connectivity index (χ3v) is 4.80. The van der Waals surface area contributed by atoms with Crippen LogP contribution in [0.25, 0.3) is 0 Å². The Morgan fingerprint density at radius 1 is 1.29 bits per heavy atom. The molecule has 92 valence electrons. The summed E-state index contributed by atoms with van der Waals surface area (Å²) in [4.78, 5) is 0. The van der Waals surface area contributed by atoms with Gasteiger partial charge in [0.25, 0.3) is 0 Å². The molecule has 0 radical (unpaired) electrons. The van der Waals surface area contributed by atoms with Gasteiger partial charge >= 0.3 is 0 Å². The number of hydrogen-bond acceptors (Lipinski definition) is 2. The second-order valence-electron chi connectivity index (χ2n) is 5.69. The lowest BCUT2D eigenvalue weighted by Crippen LogP contribution is -2.63. The summed E-state index contributed by atoms with van der Waals surface area (Å²) in [6, 6.07) is 8.95. The topological polar surface area (TPSA) is 21.3 Å². The van der Waals surface area contributed by atoms with Gasteiger partial charge in [-0.25, -0.2) is 0 Å². The molecule has 1 aliphatic carbocycles. The average Bonchev–Trinajstić information content (AvgIpc) is 2.75. The second kappa shape index (κ2) is 3.99. The van der Waals surface area contributed by atoms with Gasteiger partial charge in [-0.3, -0.25) is 0 Å². The highest BCUT2D eigenvalue weighted by Gasteiger charge is 2.59. The molecule has 1 aromatic rings. The van der Waals surface area contributed by atoms with Crippen LogP contribution in [0.4, 0.5) is 5.69 Å². The van der Waals surface area contributed by atoms with Crippen LogP contribution in [0.2, 0.25) is 0 Å². The molecule has 1 aliphatic heterocycles. The fraction of sp³-hybridized carbons (Fsp3) is 0.571. The Balaban J connectivity index is 1.75. The van der Waals surface area contributed by atoms with E-state index in [1.807, 2.05) is 0 Å². The predicted octanol–water partition coefficient (Wildman–Crippen LogP) is 3.67. The van der Waals surface area contributed by atoms with Gasteiger partial charge in [-0.15, -0.1) is 0 Å². The molecule has 1 aromatic carbocycles. The van der Waals surface area contributed by atoms with Crippen LogP contribution >= 0.6 is 15.9 Å². The van der Waals surface area contributed by atoms with Crippen molar-refractivity contribution in [3.05, 3.63) is 28.7 Å². The van der Waals surface area contributed by atoms with Crippen molar-refractivity contribution in [3.63, 3.8) is 0 Å². The van der Waals surface area contributed by atoms with Crippen LogP contribution in [0.3, 0.4) is 0 Å². The molecule has 17 heavy (non-hydrogen) atoms. The van der Waals surface area contributed by atoms with Gasteiger partial charge in [-0.1, -0.05) is 29.8 Å². The van der Waals surface area contributed by atoms with Crippen LogP contribution in [-0.2, 0) is 4.74 Å². The number of rotatable bonds is 2. The van der Waals surface area contributed by atoms with Gasteiger partial charge in [0.1, 0.15) is 0 Å².